The minimum atomic E-state index is 0.0162. The number of quaternary nitrogens is 1. The number of carbonyl (C=O) groups excluding carboxylic acids is 1. The van der Waals surface area contributed by atoms with Gasteiger partial charge in [0.05, 0.1) is 11.8 Å². The van der Waals surface area contributed by atoms with E-state index in [0.29, 0.717) is 5.78 Å². The van der Waals surface area contributed by atoms with Gasteiger partial charge in [-0.1, -0.05) is 24.3 Å². The number of hydrogen-bond donors (Lipinski definition) is 1. The van der Waals surface area contributed by atoms with Gasteiger partial charge in [0.15, 0.2) is 5.78 Å². The predicted octanol–water partition coefficient (Wildman–Crippen LogP) is 3.02. The molecule has 0 spiro atoms. The molecule has 3 rings (SSSR count). The molecule has 27 heavy (non-hydrogen) atoms. The smallest absolute Gasteiger partial charge is 0.151 e. The van der Waals surface area contributed by atoms with Crippen LogP contribution in [-0.4, -0.2) is 34.0 Å². The first-order valence-corrected chi connectivity index (χ1v) is 9.73. The third-order valence-corrected chi connectivity index (χ3v) is 5.98. The van der Waals surface area contributed by atoms with Crippen LogP contribution in [0.4, 0.5) is 11.4 Å². The molecule has 0 aliphatic carbocycles. The van der Waals surface area contributed by atoms with Crippen molar-refractivity contribution in [2.45, 2.75) is 25.9 Å². The normalized spacial score (nSPS) is 25.3. The van der Waals surface area contributed by atoms with E-state index in [1.54, 1.807) is 0 Å². The molecule has 0 saturated carbocycles. The van der Waals surface area contributed by atoms with Crippen LogP contribution in [0, 0.1) is 11.8 Å². The number of rotatable bonds is 4. The van der Waals surface area contributed by atoms with Gasteiger partial charge in [-0.05, 0) is 38.1 Å². The zero-order valence-electron chi connectivity index (χ0n) is 17.3. The zero-order chi connectivity index (χ0) is 19.7. The fourth-order valence-corrected chi connectivity index (χ4v) is 4.11. The van der Waals surface area contributed by atoms with Gasteiger partial charge < -0.3 is 15.1 Å². The molecule has 0 unspecified atom stereocenters. The molecule has 4 atom stereocenters. The van der Waals surface area contributed by atoms with Crippen molar-refractivity contribution in [3.63, 3.8) is 0 Å². The molecule has 0 bridgehead atoms. The summed E-state index contributed by atoms with van der Waals surface area (Å²) in [6.45, 7) is 4.15. The van der Waals surface area contributed by atoms with Crippen molar-refractivity contribution in [1.29, 1.82) is 0 Å². The summed E-state index contributed by atoms with van der Waals surface area (Å²) in [5, 5.41) is 2.39. The lowest BCUT2D eigenvalue weighted by Crippen LogP contribution is -2.91. The van der Waals surface area contributed by atoms with E-state index in [9.17, 15) is 4.79 Å². The highest BCUT2D eigenvalue weighted by Crippen LogP contribution is 2.33. The molecular formula is C23H32N3O+. The molecule has 144 valence electrons. The van der Waals surface area contributed by atoms with Crippen LogP contribution in [0.1, 0.15) is 37.1 Å². The van der Waals surface area contributed by atoms with Crippen LogP contribution in [0.2, 0.25) is 0 Å². The summed E-state index contributed by atoms with van der Waals surface area (Å²) in [7, 11) is 8.18. The van der Waals surface area contributed by atoms with Gasteiger partial charge in [-0.15, -0.1) is 0 Å². The summed E-state index contributed by atoms with van der Waals surface area (Å²) in [4.78, 5) is 17.2. The molecule has 1 aliphatic rings. The lowest BCUT2D eigenvalue weighted by atomic mass is 9.76. The Bertz CT molecular complexity index is 715. The fraction of sp³-hybridized carbons (Fsp3) is 0.435. The molecule has 2 aromatic carbocycles. The third kappa shape index (κ3) is 3.86. The van der Waals surface area contributed by atoms with Gasteiger partial charge >= 0.3 is 0 Å². The predicted molar refractivity (Wildman–Crippen MR) is 112 cm³/mol. The van der Waals surface area contributed by atoms with Gasteiger partial charge in [-0.3, -0.25) is 4.79 Å². The maximum absolute atomic E-state index is 13.0. The largest absolute Gasteiger partial charge is 0.378 e. The molecule has 2 N–H and O–H groups in total. The summed E-state index contributed by atoms with van der Waals surface area (Å²) in [6, 6.07) is 17.5. The van der Waals surface area contributed by atoms with E-state index in [2.05, 4.69) is 77.5 Å². The topological polar surface area (TPSA) is 40.2 Å². The zero-order valence-corrected chi connectivity index (χ0v) is 17.3. The Hall–Kier alpha value is -2.33. The average Bonchev–Trinajstić information content (AvgIpc) is 2.66. The second-order valence-electron chi connectivity index (χ2n) is 8.20. The van der Waals surface area contributed by atoms with Crippen molar-refractivity contribution >= 4 is 17.2 Å². The number of Topliss-reactive ketones (excluding diaryl/α,β-unsaturated/α-hetero) is 1. The highest BCUT2D eigenvalue weighted by molar-refractivity contribution is 5.84. The molecule has 0 aromatic heterocycles. The minimum absolute atomic E-state index is 0.0162. The van der Waals surface area contributed by atoms with E-state index in [4.69, 9.17) is 0 Å². The first-order valence-electron chi connectivity index (χ1n) is 9.73. The average molecular weight is 367 g/mol. The van der Waals surface area contributed by atoms with Crippen LogP contribution in [0.3, 0.4) is 0 Å². The van der Waals surface area contributed by atoms with Crippen LogP contribution < -0.4 is 15.1 Å². The standard InChI is InChI=1S/C23H31N3O/c1-15-21(17-7-11-19(12-8-17)25(3)4)24-22(16(2)23(15)27)18-9-13-20(14-10-18)26(5)6/h7-16,21-22,24H,1-6H3/p+1/t15-,16-,21-,22-/m0/s1. The number of anilines is 2. The molecule has 4 heteroatoms. The molecular weight excluding hydrogens is 334 g/mol. The molecule has 4 nitrogen and oxygen atoms in total. The van der Waals surface area contributed by atoms with Crippen molar-refractivity contribution in [2.75, 3.05) is 38.0 Å². The van der Waals surface area contributed by atoms with E-state index in [1.807, 2.05) is 28.2 Å². The van der Waals surface area contributed by atoms with Gasteiger partial charge in [0.1, 0.15) is 12.1 Å². The lowest BCUT2D eigenvalue weighted by Gasteiger charge is -2.36. The summed E-state index contributed by atoms with van der Waals surface area (Å²) in [5.41, 5.74) is 4.81. The molecule has 2 aromatic rings. The van der Waals surface area contributed by atoms with Crippen LogP contribution in [-0.2, 0) is 4.79 Å². The van der Waals surface area contributed by atoms with Gasteiger partial charge in [-0.25, -0.2) is 0 Å². The lowest BCUT2D eigenvalue weighted by molar-refractivity contribution is -0.748. The monoisotopic (exact) mass is 366 g/mol. The highest BCUT2D eigenvalue weighted by atomic mass is 16.1. The Kier molecular flexibility index (Phi) is 5.56. The minimum Gasteiger partial charge on any atom is -0.378 e. The first kappa shape index (κ1) is 19.4. The van der Waals surface area contributed by atoms with Gasteiger partial charge in [0.25, 0.3) is 0 Å². The number of carbonyl (C=O) groups is 1. The van der Waals surface area contributed by atoms with E-state index in [-0.39, 0.29) is 23.9 Å². The van der Waals surface area contributed by atoms with Crippen molar-refractivity contribution in [3.8, 4) is 0 Å². The second kappa shape index (κ2) is 7.73. The third-order valence-electron chi connectivity index (χ3n) is 5.98. The number of hydrogen-bond acceptors (Lipinski definition) is 3. The van der Waals surface area contributed by atoms with Crippen LogP contribution >= 0.6 is 0 Å². The summed E-state index contributed by atoms with van der Waals surface area (Å²) < 4.78 is 0. The van der Waals surface area contributed by atoms with E-state index in [0.717, 1.165) is 0 Å². The quantitative estimate of drug-likeness (QED) is 0.904. The number of benzene rings is 2. The Morgan fingerprint density at radius 3 is 1.30 bits per heavy atom. The summed E-state index contributed by atoms with van der Waals surface area (Å²) in [6.07, 6.45) is 0. The second-order valence-corrected chi connectivity index (χ2v) is 8.20. The van der Waals surface area contributed by atoms with E-state index in [1.165, 1.54) is 22.5 Å². The van der Waals surface area contributed by atoms with Crippen LogP contribution in [0.15, 0.2) is 48.5 Å². The summed E-state index contributed by atoms with van der Waals surface area (Å²) in [5.74, 6) is 0.394. The molecule has 0 radical (unpaired) electrons. The Labute approximate surface area is 163 Å². The Morgan fingerprint density at radius 1 is 0.667 bits per heavy atom. The van der Waals surface area contributed by atoms with Crippen molar-refractivity contribution in [2.24, 2.45) is 11.8 Å². The molecule has 0 amide bonds. The van der Waals surface area contributed by atoms with Crippen LogP contribution in [0.5, 0.6) is 0 Å². The number of nitrogens with zero attached hydrogens (tertiary/aromatic N) is 2. The Morgan fingerprint density at radius 2 is 1.00 bits per heavy atom. The molecule has 1 heterocycles. The van der Waals surface area contributed by atoms with Crippen molar-refractivity contribution < 1.29 is 10.1 Å². The van der Waals surface area contributed by atoms with Gasteiger partial charge in [-0.2, -0.15) is 0 Å². The van der Waals surface area contributed by atoms with Gasteiger partial charge in [0.2, 0.25) is 0 Å². The maximum Gasteiger partial charge on any atom is 0.151 e. The molecule has 1 aliphatic heterocycles. The maximum atomic E-state index is 13.0. The number of ketones is 1. The first-order chi connectivity index (χ1) is 12.8. The molecule has 1 fully saturated rings. The van der Waals surface area contributed by atoms with Gasteiger partial charge in [0, 0.05) is 50.7 Å². The van der Waals surface area contributed by atoms with E-state index < -0.39 is 0 Å². The highest BCUT2D eigenvalue weighted by Gasteiger charge is 2.43. The summed E-state index contributed by atoms with van der Waals surface area (Å²) >= 11 is 0. The van der Waals surface area contributed by atoms with Crippen LogP contribution in [0.25, 0.3) is 0 Å². The Balaban J connectivity index is 1.89. The number of piperidine rings is 1. The number of nitrogens with two attached hydrogens (primary N) is 1. The van der Waals surface area contributed by atoms with Crippen molar-refractivity contribution in [1.82, 2.24) is 0 Å². The fourth-order valence-electron chi connectivity index (χ4n) is 4.11. The van der Waals surface area contributed by atoms with E-state index >= 15 is 0 Å². The van der Waals surface area contributed by atoms with Crippen molar-refractivity contribution in [3.05, 3.63) is 59.7 Å². The molecule has 1 saturated heterocycles. The SMILES string of the molecule is C[C@@H]1C(=O)[C@@H](C)[C@@H](c2ccc(N(C)C)cc2)[NH2+][C@@H]1c1ccc(N(C)C)cc1.